The van der Waals surface area contributed by atoms with Crippen molar-refractivity contribution in [3.05, 3.63) is 70.8 Å². The van der Waals surface area contributed by atoms with Crippen molar-refractivity contribution >= 4 is 11.9 Å². The lowest BCUT2D eigenvalue weighted by Gasteiger charge is -2.09. The highest BCUT2D eigenvalue weighted by Crippen LogP contribution is 2.16. The lowest BCUT2D eigenvalue weighted by Crippen LogP contribution is -2.15. The Bertz CT molecular complexity index is 708. The highest BCUT2D eigenvalue weighted by molar-refractivity contribution is 5.89. The van der Waals surface area contributed by atoms with Crippen molar-refractivity contribution in [3.63, 3.8) is 0 Å². The quantitative estimate of drug-likeness (QED) is 0.418. The minimum absolute atomic E-state index is 0.148. The molecular weight excluding hydrogens is 368 g/mol. The van der Waals surface area contributed by atoms with Gasteiger partial charge in [-0.3, -0.25) is 0 Å². The molecule has 0 N–H and O–H groups in total. The first-order valence-corrected chi connectivity index (χ1v) is 10.0. The van der Waals surface area contributed by atoms with Crippen molar-refractivity contribution in [2.75, 3.05) is 26.4 Å². The molecule has 5 nitrogen and oxygen atoms in total. The molecule has 0 bridgehead atoms. The zero-order valence-electron chi connectivity index (χ0n) is 17.6. The van der Waals surface area contributed by atoms with E-state index in [4.69, 9.17) is 14.2 Å². The molecule has 0 heterocycles. The fourth-order valence-corrected chi connectivity index (χ4v) is 2.66. The van der Waals surface area contributed by atoms with Gasteiger partial charge in [-0.15, -0.1) is 0 Å². The molecule has 0 radical (unpaired) electrons. The van der Waals surface area contributed by atoms with Crippen LogP contribution in [0.2, 0.25) is 0 Å². The number of benzene rings is 2. The average Bonchev–Trinajstić information content (AvgIpc) is 2.72. The molecule has 2 aromatic carbocycles. The summed E-state index contributed by atoms with van der Waals surface area (Å²) >= 11 is 0. The van der Waals surface area contributed by atoms with Crippen LogP contribution in [-0.2, 0) is 14.2 Å². The second-order valence-corrected chi connectivity index (χ2v) is 7.44. The van der Waals surface area contributed by atoms with Gasteiger partial charge in [0.2, 0.25) is 0 Å². The first kappa shape index (κ1) is 22.6. The van der Waals surface area contributed by atoms with Gasteiger partial charge in [0.25, 0.3) is 0 Å². The highest BCUT2D eigenvalue weighted by atomic mass is 16.6. The molecular formula is C24H30O5. The molecule has 2 rings (SSSR count). The molecule has 0 amide bonds. The van der Waals surface area contributed by atoms with Gasteiger partial charge in [0.15, 0.2) is 0 Å². The first-order valence-electron chi connectivity index (χ1n) is 10.0. The molecule has 0 aliphatic heterocycles. The van der Waals surface area contributed by atoms with Crippen LogP contribution in [0, 0.1) is 0 Å². The van der Waals surface area contributed by atoms with E-state index in [1.165, 1.54) is 11.1 Å². The zero-order chi connectivity index (χ0) is 21.2. The lowest BCUT2D eigenvalue weighted by atomic mass is 10.0. The van der Waals surface area contributed by atoms with Gasteiger partial charge in [0, 0.05) is 0 Å². The maximum atomic E-state index is 12.0. The maximum Gasteiger partial charge on any atom is 0.338 e. The van der Waals surface area contributed by atoms with Crippen LogP contribution in [0.15, 0.2) is 48.5 Å². The molecule has 0 spiro atoms. The molecule has 5 heteroatoms. The Morgan fingerprint density at radius 3 is 1.28 bits per heavy atom. The molecule has 0 saturated carbocycles. The van der Waals surface area contributed by atoms with Gasteiger partial charge in [-0.1, -0.05) is 52.0 Å². The summed E-state index contributed by atoms with van der Waals surface area (Å²) in [6.07, 6.45) is 0. The Balaban J connectivity index is 1.59. The molecule has 0 aliphatic rings. The second kappa shape index (κ2) is 11.4. The highest BCUT2D eigenvalue weighted by Gasteiger charge is 2.09. The number of hydrogen-bond donors (Lipinski definition) is 0. The summed E-state index contributed by atoms with van der Waals surface area (Å²) in [4.78, 5) is 24.0. The van der Waals surface area contributed by atoms with Crippen molar-refractivity contribution in [3.8, 4) is 0 Å². The van der Waals surface area contributed by atoms with Gasteiger partial charge in [0.05, 0.1) is 24.3 Å². The van der Waals surface area contributed by atoms with E-state index in [2.05, 4.69) is 27.7 Å². The summed E-state index contributed by atoms with van der Waals surface area (Å²) in [6, 6.07) is 14.8. The molecule has 29 heavy (non-hydrogen) atoms. The van der Waals surface area contributed by atoms with Crippen molar-refractivity contribution in [1.82, 2.24) is 0 Å². The molecule has 0 fully saturated rings. The number of esters is 2. The van der Waals surface area contributed by atoms with Crippen molar-refractivity contribution in [1.29, 1.82) is 0 Å². The van der Waals surface area contributed by atoms with Crippen LogP contribution in [0.25, 0.3) is 0 Å². The molecule has 156 valence electrons. The SMILES string of the molecule is CC(C)c1ccc(C(=O)OCCOCCOC(=O)c2ccc(C(C)C)cc2)cc1. The molecule has 0 aromatic heterocycles. The summed E-state index contributed by atoms with van der Waals surface area (Å²) in [7, 11) is 0. The van der Waals surface area contributed by atoms with Gasteiger partial charge >= 0.3 is 11.9 Å². The Hall–Kier alpha value is -2.66. The van der Waals surface area contributed by atoms with Crippen LogP contribution < -0.4 is 0 Å². The minimum atomic E-state index is -0.375. The van der Waals surface area contributed by atoms with Gasteiger partial charge in [0.1, 0.15) is 13.2 Å². The van der Waals surface area contributed by atoms with E-state index in [1.807, 2.05) is 24.3 Å². The third-order valence-corrected chi connectivity index (χ3v) is 4.55. The summed E-state index contributed by atoms with van der Waals surface area (Å²) in [6.45, 7) is 9.20. The van der Waals surface area contributed by atoms with Crippen LogP contribution >= 0.6 is 0 Å². The van der Waals surface area contributed by atoms with E-state index in [0.717, 1.165) is 0 Å². The molecule has 0 atom stereocenters. The summed E-state index contributed by atoms with van der Waals surface area (Å²) in [5.41, 5.74) is 3.39. The van der Waals surface area contributed by atoms with E-state index in [0.29, 0.717) is 23.0 Å². The predicted octanol–water partition coefficient (Wildman–Crippen LogP) is 4.96. The number of rotatable bonds is 10. The second-order valence-electron chi connectivity index (χ2n) is 7.44. The van der Waals surface area contributed by atoms with E-state index >= 15 is 0 Å². The minimum Gasteiger partial charge on any atom is -0.460 e. The molecule has 0 aliphatic carbocycles. The molecule has 0 saturated heterocycles. The Morgan fingerprint density at radius 1 is 0.621 bits per heavy atom. The van der Waals surface area contributed by atoms with Crippen LogP contribution in [0.5, 0.6) is 0 Å². The van der Waals surface area contributed by atoms with Gasteiger partial charge < -0.3 is 14.2 Å². The summed E-state index contributed by atoms with van der Waals surface area (Å²) in [5.74, 6) is 0.0873. The Kier molecular flexibility index (Phi) is 8.87. The van der Waals surface area contributed by atoms with Crippen LogP contribution in [0.4, 0.5) is 0 Å². The van der Waals surface area contributed by atoms with Gasteiger partial charge in [-0.2, -0.15) is 0 Å². The Labute approximate surface area is 173 Å². The average molecular weight is 398 g/mol. The smallest absolute Gasteiger partial charge is 0.338 e. The fraction of sp³-hybridized carbons (Fsp3) is 0.417. The standard InChI is InChI=1S/C24H30O5/c1-17(2)19-5-9-21(10-6-19)23(25)28-15-13-27-14-16-29-24(26)22-11-7-20(8-12-22)18(3)4/h5-12,17-18H,13-16H2,1-4H3. The molecule has 0 unspecified atom stereocenters. The zero-order valence-corrected chi connectivity index (χ0v) is 17.6. The van der Waals surface area contributed by atoms with E-state index < -0.39 is 0 Å². The number of carbonyl (C=O) groups is 2. The first-order chi connectivity index (χ1) is 13.9. The number of ether oxygens (including phenoxy) is 3. The van der Waals surface area contributed by atoms with Crippen molar-refractivity contribution in [2.24, 2.45) is 0 Å². The van der Waals surface area contributed by atoms with E-state index in [9.17, 15) is 9.59 Å². The molecule has 2 aromatic rings. The van der Waals surface area contributed by atoms with Crippen LogP contribution in [0.3, 0.4) is 0 Å². The third-order valence-electron chi connectivity index (χ3n) is 4.55. The topological polar surface area (TPSA) is 61.8 Å². The lowest BCUT2D eigenvalue weighted by molar-refractivity contribution is 0.0151. The van der Waals surface area contributed by atoms with Crippen molar-refractivity contribution in [2.45, 2.75) is 39.5 Å². The van der Waals surface area contributed by atoms with Crippen LogP contribution in [0.1, 0.15) is 71.4 Å². The normalized spacial score (nSPS) is 11.0. The predicted molar refractivity (Wildman–Crippen MR) is 112 cm³/mol. The maximum absolute atomic E-state index is 12.0. The van der Waals surface area contributed by atoms with Crippen molar-refractivity contribution < 1.29 is 23.8 Å². The Morgan fingerprint density at radius 2 is 0.966 bits per heavy atom. The summed E-state index contributed by atoms with van der Waals surface area (Å²) < 4.78 is 15.7. The van der Waals surface area contributed by atoms with Gasteiger partial charge in [-0.05, 0) is 47.2 Å². The number of hydrogen-bond acceptors (Lipinski definition) is 5. The van der Waals surface area contributed by atoms with E-state index in [-0.39, 0.29) is 38.4 Å². The summed E-state index contributed by atoms with van der Waals surface area (Å²) in [5, 5.41) is 0. The third kappa shape index (κ3) is 7.35. The monoisotopic (exact) mass is 398 g/mol. The fourth-order valence-electron chi connectivity index (χ4n) is 2.66. The largest absolute Gasteiger partial charge is 0.460 e. The van der Waals surface area contributed by atoms with E-state index in [1.54, 1.807) is 24.3 Å². The van der Waals surface area contributed by atoms with Gasteiger partial charge in [-0.25, -0.2) is 9.59 Å². The van der Waals surface area contributed by atoms with Crippen LogP contribution in [-0.4, -0.2) is 38.4 Å². The number of carbonyl (C=O) groups excluding carboxylic acids is 2.